The van der Waals surface area contributed by atoms with Gasteiger partial charge in [0.2, 0.25) is 10.0 Å². The third kappa shape index (κ3) is 3.93. The van der Waals surface area contributed by atoms with E-state index < -0.39 is 20.0 Å². The van der Waals surface area contributed by atoms with Crippen LogP contribution in [-0.2, 0) is 20.0 Å². The zero-order valence-electron chi connectivity index (χ0n) is 15.3. The molecule has 1 heterocycles. The van der Waals surface area contributed by atoms with Crippen LogP contribution < -0.4 is 9.03 Å². The van der Waals surface area contributed by atoms with E-state index in [1.54, 1.807) is 51.1 Å². The van der Waals surface area contributed by atoms with Crippen LogP contribution in [0.4, 0.5) is 11.4 Å². The summed E-state index contributed by atoms with van der Waals surface area (Å²) >= 11 is 6.06. The Morgan fingerprint density at radius 1 is 1.04 bits per heavy atom. The molecule has 1 aliphatic heterocycles. The van der Waals surface area contributed by atoms with Crippen LogP contribution in [0, 0.1) is 20.8 Å². The van der Waals surface area contributed by atoms with Crippen molar-refractivity contribution in [2.24, 2.45) is 0 Å². The molecule has 9 heteroatoms. The van der Waals surface area contributed by atoms with Crippen molar-refractivity contribution in [3.8, 4) is 0 Å². The fourth-order valence-corrected chi connectivity index (χ4v) is 6.31. The van der Waals surface area contributed by atoms with Gasteiger partial charge in [-0.15, -0.1) is 0 Å². The Hall–Kier alpha value is -1.77. The topological polar surface area (TPSA) is 83.6 Å². The van der Waals surface area contributed by atoms with Gasteiger partial charge in [-0.2, -0.15) is 0 Å². The van der Waals surface area contributed by atoms with Gasteiger partial charge < -0.3 is 0 Å². The van der Waals surface area contributed by atoms with Gasteiger partial charge in [-0.3, -0.25) is 9.03 Å². The van der Waals surface area contributed by atoms with Crippen molar-refractivity contribution in [2.75, 3.05) is 21.3 Å². The maximum Gasteiger partial charge on any atom is 0.262 e. The van der Waals surface area contributed by atoms with E-state index >= 15 is 0 Å². The van der Waals surface area contributed by atoms with E-state index in [4.69, 9.17) is 11.6 Å². The van der Waals surface area contributed by atoms with Crippen molar-refractivity contribution in [3.63, 3.8) is 0 Å². The lowest BCUT2D eigenvalue weighted by Gasteiger charge is -2.19. The smallest absolute Gasteiger partial charge is 0.262 e. The summed E-state index contributed by atoms with van der Waals surface area (Å²) in [6, 6.07) is 8.06. The first-order chi connectivity index (χ1) is 12.5. The number of nitrogens with zero attached hydrogens (tertiary/aromatic N) is 1. The normalized spacial score (nSPS) is 16.5. The van der Waals surface area contributed by atoms with E-state index in [-0.39, 0.29) is 10.6 Å². The van der Waals surface area contributed by atoms with Crippen molar-refractivity contribution < 1.29 is 16.8 Å². The molecule has 2 aromatic rings. The van der Waals surface area contributed by atoms with Crippen molar-refractivity contribution in [2.45, 2.75) is 32.1 Å². The van der Waals surface area contributed by atoms with Crippen LogP contribution in [0.15, 0.2) is 35.2 Å². The fourth-order valence-electron chi connectivity index (χ4n) is 3.09. The van der Waals surface area contributed by atoms with Crippen LogP contribution in [0.3, 0.4) is 0 Å². The van der Waals surface area contributed by atoms with Crippen LogP contribution in [-0.4, -0.2) is 29.1 Å². The average molecular weight is 429 g/mol. The summed E-state index contributed by atoms with van der Waals surface area (Å²) in [4.78, 5) is 0.162. The minimum atomic E-state index is -3.80. The molecule has 6 nitrogen and oxygen atoms in total. The Balaban J connectivity index is 1.93. The molecule has 0 atom stereocenters. The molecule has 0 aliphatic carbocycles. The molecule has 0 amide bonds. The lowest BCUT2D eigenvalue weighted by Crippen LogP contribution is -2.25. The third-order valence-corrected chi connectivity index (χ3v) is 8.37. The van der Waals surface area contributed by atoms with E-state index in [9.17, 15) is 16.8 Å². The summed E-state index contributed by atoms with van der Waals surface area (Å²) < 4.78 is 53.7. The van der Waals surface area contributed by atoms with Gasteiger partial charge in [-0.05, 0) is 74.2 Å². The minimum absolute atomic E-state index is 0.135. The predicted molar refractivity (Wildman–Crippen MR) is 109 cm³/mol. The van der Waals surface area contributed by atoms with E-state index in [1.165, 1.54) is 4.31 Å². The maximum atomic E-state index is 12.8. The SMILES string of the molecule is Cc1cc(S(=O)(=O)Nc2ccc(N3CCCS3(=O)=O)cc2C)c(C)cc1Cl. The third-order valence-electron chi connectivity index (χ3n) is 4.59. The van der Waals surface area contributed by atoms with Crippen molar-refractivity contribution >= 4 is 43.0 Å². The molecule has 1 saturated heterocycles. The standard InChI is InChI=1S/C18H21ClN2O4S2/c1-12-11-18(14(3)10-16(12)19)27(24,25)20-17-6-5-15(9-13(17)2)21-7-4-8-26(21,22)23/h5-6,9-11,20H,4,7-8H2,1-3H3. The van der Waals surface area contributed by atoms with Crippen molar-refractivity contribution in [3.05, 3.63) is 52.0 Å². The highest BCUT2D eigenvalue weighted by Gasteiger charge is 2.29. The Bertz CT molecular complexity index is 1110. The quantitative estimate of drug-likeness (QED) is 0.806. The van der Waals surface area contributed by atoms with Gasteiger partial charge in [0, 0.05) is 11.6 Å². The molecule has 0 aromatic heterocycles. The second-order valence-corrected chi connectivity index (χ2v) is 10.8. The molecule has 1 aliphatic rings. The van der Waals surface area contributed by atoms with Crippen LogP contribution in [0.1, 0.15) is 23.1 Å². The molecule has 0 radical (unpaired) electrons. The number of anilines is 2. The number of hydrogen-bond donors (Lipinski definition) is 1. The number of halogens is 1. The zero-order chi connectivity index (χ0) is 20.0. The minimum Gasteiger partial charge on any atom is -0.279 e. The molecule has 2 aromatic carbocycles. The largest absolute Gasteiger partial charge is 0.279 e. The number of rotatable bonds is 4. The van der Waals surface area contributed by atoms with Crippen molar-refractivity contribution in [1.82, 2.24) is 0 Å². The Morgan fingerprint density at radius 2 is 1.74 bits per heavy atom. The lowest BCUT2D eigenvalue weighted by molar-refractivity contribution is 0.598. The molecule has 1 N–H and O–H groups in total. The Labute approximate surface area is 165 Å². The summed E-state index contributed by atoms with van der Waals surface area (Å²) in [5.41, 5.74) is 2.82. The predicted octanol–water partition coefficient (Wildman–Crippen LogP) is 3.61. The van der Waals surface area contributed by atoms with Crippen LogP contribution in [0.25, 0.3) is 0 Å². The first kappa shape index (κ1) is 20.0. The Kier molecular flexibility index (Phi) is 5.18. The average Bonchev–Trinajstić information content (AvgIpc) is 2.92. The number of nitrogens with one attached hydrogen (secondary N) is 1. The highest BCUT2D eigenvalue weighted by atomic mass is 35.5. The number of hydrogen-bond acceptors (Lipinski definition) is 4. The molecular weight excluding hydrogens is 408 g/mol. The molecule has 27 heavy (non-hydrogen) atoms. The summed E-state index contributed by atoms with van der Waals surface area (Å²) in [5.74, 6) is 0.135. The van der Waals surface area contributed by atoms with Crippen LogP contribution in [0.5, 0.6) is 0 Å². The second kappa shape index (κ2) is 7.00. The van der Waals surface area contributed by atoms with E-state index in [0.717, 1.165) is 0 Å². The van der Waals surface area contributed by atoms with E-state index in [2.05, 4.69) is 4.72 Å². The first-order valence-electron chi connectivity index (χ1n) is 8.42. The fraction of sp³-hybridized carbons (Fsp3) is 0.333. The number of aryl methyl sites for hydroxylation is 3. The summed E-state index contributed by atoms with van der Waals surface area (Å²) in [5, 5.41) is 0.513. The number of benzene rings is 2. The van der Waals surface area contributed by atoms with Gasteiger partial charge in [0.1, 0.15) is 0 Å². The van der Waals surface area contributed by atoms with Gasteiger partial charge >= 0.3 is 0 Å². The monoisotopic (exact) mass is 428 g/mol. The molecule has 146 valence electrons. The molecule has 3 rings (SSSR count). The van der Waals surface area contributed by atoms with Gasteiger partial charge in [0.25, 0.3) is 10.0 Å². The highest BCUT2D eigenvalue weighted by molar-refractivity contribution is 7.93. The molecule has 0 bridgehead atoms. The van der Waals surface area contributed by atoms with Gasteiger partial charge in [-0.25, -0.2) is 16.8 Å². The van der Waals surface area contributed by atoms with Crippen molar-refractivity contribution in [1.29, 1.82) is 0 Å². The van der Waals surface area contributed by atoms with E-state index in [0.29, 0.717) is 46.1 Å². The molecule has 0 saturated carbocycles. The summed E-state index contributed by atoms with van der Waals surface area (Å²) in [7, 11) is -7.08. The highest BCUT2D eigenvalue weighted by Crippen LogP contribution is 2.30. The zero-order valence-corrected chi connectivity index (χ0v) is 17.7. The first-order valence-corrected chi connectivity index (χ1v) is 11.9. The summed E-state index contributed by atoms with van der Waals surface area (Å²) in [6.07, 6.45) is 0.588. The van der Waals surface area contributed by atoms with Crippen LogP contribution >= 0.6 is 11.6 Å². The molecular formula is C18H21ClN2O4S2. The molecule has 1 fully saturated rings. The second-order valence-electron chi connectivity index (χ2n) is 6.71. The molecule has 0 unspecified atom stereocenters. The lowest BCUT2D eigenvalue weighted by atomic mass is 10.2. The van der Waals surface area contributed by atoms with E-state index in [1.807, 2.05) is 0 Å². The van der Waals surface area contributed by atoms with Gasteiger partial charge in [-0.1, -0.05) is 11.6 Å². The van der Waals surface area contributed by atoms with Crippen LogP contribution in [0.2, 0.25) is 5.02 Å². The Morgan fingerprint density at radius 3 is 2.33 bits per heavy atom. The molecule has 0 spiro atoms. The summed E-state index contributed by atoms with van der Waals surface area (Å²) in [6.45, 7) is 5.62. The maximum absolute atomic E-state index is 12.8. The number of sulfonamides is 2. The van der Waals surface area contributed by atoms with Gasteiger partial charge in [0.05, 0.1) is 22.0 Å². The van der Waals surface area contributed by atoms with Gasteiger partial charge in [0.15, 0.2) is 0 Å².